The summed E-state index contributed by atoms with van der Waals surface area (Å²) >= 11 is 0. The van der Waals surface area contributed by atoms with Gasteiger partial charge in [0.2, 0.25) is 0 Å². The second-order valence-electron chi connectivity index (χ2n) is 1.81. The lowest BCUT2D eigenvalue weighted by Crippen LogP contribution is -3.00. The van der Waals surface area contributed by atoms with E-state index in [0.717, 1.165) is 6.54 Å². The minimum Gasteiger partial charge on any atom is -1.00 e. The summed E-state index contributed by atoms with van der Waals surface area (Å²) in [6, 6.07) is 0. The van der Waals surface area contributed by atoms with Crippen molar-refractivity contribution in [2.45, 2.75) is 13.8 Å². The molecule has 7 heavy (non-hydrogen) atoms. The zero-order chi connectivity index (χ0) is 4.99. The Labute approximate surface area is 54.6 Å². The van der Waals surface area contributed by atoms with E-state index in [-0.39, 0.29) is 17.0 Å². The van der Waals surface area contributed by atoms with E-state index in [1.165, 1.54) is 5.48 Å². The van der Waals surface area contributed by atoms with Crippen molar-refractivity contribution >= 4 is 0 Å². The van der Waals surface area contributed by atoms with Crippen LogP contribution in [0.1, 0.15) is 13.8 Å². The molecule has 0 rings (SSSR count). The van der Waals surface area contributed by atoms with E-state index in [0.29, 0.717) is 5.92 Å². The fourth-order valence-electron chi connectivity index (χ4n) is 0.211. The van der Waals surface area contributed by atoms with Gasteiger partial charge in [0.05, 0.1) is 0 Å². The van der Waals surface area contributed by atoms with Crippen molar-refractivity contribution in [1.82, 2.24) is 0 Å². The second kappa shape index (κ2) is 6.40. The molecule has 0 aromatic rings. The van der Waals surface area contributed by atoms with E-state index in [2.05, 4.69) is 13.8 Å². The maximum absolute atomic E-state index is 8.11. The Kier molecular flexibility index (Phi) is 9.50. The van der Waals surface area contributed by atoms with Crippen LogP contribution in [0.25, 0.3) is 0 Å². The quantitative estimate of drug-likeness (QED) is 0.416. The molecule has 0 radical (unpaired) electrons. The molecule has 0 saturated carbocycles. The molecule has 0 heterocycles. The Balaban J connectivity index is 0. The SMILES string of the molecule is CC(C)C[NH2+]O.[Br-]. The minimum atomic E-state index is 0. The maximum atomic E-state index is 8.11. The predicted molar refractivity (Wildman–Crippen MR) is 23.4 cm³/mol. The number of hydroxylamine groups is 1. The highest BCUT2D eigenvalue weighted by Gasteiger charge is 1.89. The highest BCUT2D eigenvalue weighted by molar-refractivity contribution is 4.31. The number of nitrogens with two attached hydrogens (primary N) is 1. The van der Waals surface area contributed by atoms with Gasteiger partial charge in [-0.05, 0) is 0 Å². The summed E-state index contributed by atoms with van der Waals surface area (Å²) in [5.74, 6) is 0.593. The van der Waals surface area contributed by atoms with Gasteiger partial charge in [-0.1, -0.05) is 13.8 Å². The molecule has 0 aromatic carbocycles. The minimum absolute atomic E-state index is 0. The van der Waals surface area contributed by atoms with Gasteiger partial charge < -0.3 is 17.0 Å². The van der Waals surface area contributed by atoms with Gasteiger partial charge in [0.1, 0.15) is 6.54 Å². The summed E-state index contributed by atoms with van der Waals surface area (Å²) in [6.07, 6.45) is 0. The first kappa shape index (κ1) is 10.4. The predicted octanol–water partition coefficient (Wildman–Crippen LogP) is -3.40. The van der Waals surface area contributed by atoms with Crippen molar-refractivity contribution in [2.75, 3.05) is 6.54 Å². The van der Waals surface area contributed by atoms with E-state index in [4.69, 9.17) is 5.21 Å². The molecule has 0 unspecified atom stereocenters. The average Bonchev–Trinajstić information content (AvgIpc) is 1.35. The van der Waals surface area contributed by atoms with Gasteiger partial charge in [0, 0.05) is 5.92 Å². The summed E-state index contributed by atoms with van der Waals surface area (Å²) in [5.41, 5.74) is 1.20. The zero-order valence-electron chi connectivity index (χ0n) is 4.69. The first-order chi connectivity index (χ1) is 2.77. The topological polar surface area (TPSA) is 36.8 Å². The summed E-state index contributed by atoms with van der Waals surface area (Å²) in [6.45, 7) is 4.93. The van der Waals surface area contributed by atoms with Crippen LogP contribution in [0.3, 0.4) is 0 Å². The number of halogens is 1. The van der Waals surface area contributed by atoms with Crippen LogP contribution >= 0.6 is 0 Å². The monoisotopic (exact) mass is 169 g/mol. The normalized spacial score (nSPS) is 8.57. The third-order valence-electron chi connectivity index (χ3n) is 0.577. The van der Waals surface area contributed by atoms with Crippen LogP contribution < -0.4 is 22.5 Å². The molecule has 0 aliphatic rings. The molecule has 0 aliphatic heterocycles. The van der Waals surface area contributed by atoms with E-state index in [1.54, 1.807) is 0 Å². The third kappa shape index (κ3) is 10.7. The highest BCUT2D eigenvalue weighted by Crippen LogP contribution is 1.80. The summed E-state index contributed by atoms with van der Waals surface area (Å²) in [4.78, 5) is 0. The number of rotatable bonds is 2. The molecule has 0 aromatic heterocycles. The van der Waals surface area contributed by atoms with E-state index < -0.39 is 0 Å². The van der Waals surface area contributed by atoms with Crippen LogP contribution in [0.4, 0.5) is 0 Å². The Bertz CT molecular complexity index is 32.9. The summed E-state index contributed by atoms with van der Waals surface area (Å²) in [7, 11) is 0. The second-order valence-corrected chi connectivity index (χ2v) is 1.81. The van der Waals surface area contributed by atoms with Gasteiger partial charge in [-0.3, -0.25) is 0 Å². The molecular weight excluding hydrogens is 158 g/mol. The van der Waals surface area contributed by atoms with E-state index in [1.807, 2.05) is 0 Å². The molecule has 2 nitrogen and oxygen atoms in total. The summed E-state index contributed by atoms with van der Waals surface area (Å²) in [5, 5.41) is 8.11. The van der Waals surface area contributed by atoms with Crippen LogP contribution in [-0.4, -0.2) is 11.8 Å². The van der Waals surface area contributed by atoms with Crippen molar-refractivity contribution in [3.05, 3.63) is 0 Å². The van der Waals surface area contributed by atoms with Gasteiger partial charge in [-0.25, -0.2) is 10.7 Å². The third-order valence-corrected chi connectivity index (χ3v) is 0.577. The van der Waals surface area contributed by atoms with Gasteiger partial charge in [0.25, 0.3) is 0 Å². The number of hydrogen-bond acceptors (Lipinski definition) is 1. The average molecular weight is 170 g/mol. The summed E-state index contributed by atoms with van der Waals surface area (Å²) < 4.78 is 0. The lowest BCUT2D eigenvalue weighted by Gasteiger charge is -1.93. The highest BCUT2D eigenvalue weighted by atomic mass is 79.9. The van der Waals surface area contributed by atoms with Crippen LogP contribution in [0, 0.1) is 5.92 Å². The van der Waals surface area contributed by atoms with Crippen molar-refractivity contribution < 1.29 is 27.7 Å². The van der Waals surface area contributed by atoms with Gasteiger partial charge in [0.15, 0.2) is 0 Å². The molecule has 0 fully saturated rings. The van der Waals surface area contributed by atoms with Gasteiger partial charge >= 0.3 is 0 Å². The van der Waals surface area contributed by atoms with E-state index >= 15 is 0 Å². The zero-order valence-corrected chi connectivity index (χ0v) is 6.27. The smallest absolute Gasteiger partial charge is 0.107 e. The van der Waals surface area contributed by atoms with Crippen LogP contribution in [0.5, 0.6) is 0 Å². The molecule has 0 amide bonds. The largest absolute Gasteiger partial charge is 1.00 e. The van der Waals surface area contributed by atoms with Crippen LogP contribution in [0.2, 0.25) is 0 Å². The maximum Gasteiger partial charge on any atom is 0.107 e. The molecule has 46 valence electrons. The molecule has 0 aliphatic carbocycles. The molecule has 3 heteroatoms. The Morgan fingerprint density at radius 2 is 2.00 bits per heavy atom. The van der Waals surface area contributed by atoms with E-state index in [9.17, 15) is 0 Å². The Morgan fingerprint density at radius 1 is 1.57 bits per heavy atom. The molecule has 0 saturated heterocycles. The number of hydrogen-bond donors (Lipinski definition) is 2. The lowest BCUT2D eigenvalue weighted by atomic mass is 10.2. The standard InChI is InChI=1S/C4H11NO.BrH/c1-4(2)3-5-6;/h4-6H,3H2,1-2H3;1H. The van der Waals surface area contributed by atoms with Crippen LogP contribution in [-0.2, 0) is 0 Å². The molecule has 0 atom stereocenters. The first-order valence-corrected chi connectivity index (χ1v) is 2.23. The molecule has 0 bridgehead atoms. The fraction of sp³-hybridized carbons (Fsp3) is 1.00. The Hall–Kier alpha value is 0.400. The number of quaternary nitrogens is 1. The van der Waals surface area contributed by atoms with Gasteiger partial charge in [-0.2, -0.15) is 0 Å². The van der Waals surface area contributed by atoms with Crippen molar-refractivity contribution in [2.24, 2.45) is 5.92 Å². The molecule has 0 spiro atoms. The van der Waals surface area contributed by atoms with Crippen molar-refractivity contribution in [3.63, 3.8) is 0 Å². The Morgan fingerprint density at radius 3 is 2.00 bits per heavy atom. The first-order valence-electron chi connectivity index (χ1n) is 2.23. The van der Waals surface area contributed by atoms with Crippen LogP contribution in [0.15, 0.2) is 0 Å². The fourth-order valence-corrected chi connectivity index (χ4v) is 0.211. The molecule has 3 N–H and O–H groups in total. The molecular formula is C4H12BrNO. The van der Waals surface area contributed by atoms with Crippen molar-refractivity contribution in [3.8, 4) is 0 Å². The van der Waals surface area contributed by atoms with Gasteiger partial charge in [-0.15, -0.1) is 0 Å². The lowest BCUT2D eigenvalue weighted by molar-refractivity contribution is -0.889. The van der Waals surface area contributed by atoms with Crippen molar-refractivity contribution in [1.29, 1.82) is 0 Å².